The van der Waals surface area contributed by atoms with Gasteiger partial charge in [-0.05, 0) is 30.7 Å². The van der Waals surface area contributed by atoms with Crippen molar-refractivity contribution >= 4 is 11.7 Å². The van der Waals surface area contributed by atoms with Crippen LogP contribution >= 0.6 is 0 Å². The van der Waals surface area contributed by atoms with Gasteiger partial charge in [0.05, 0.1) is 35.0 Å². The molecule has 1 atom stereocenters. The molecule has 0 radical (unpaired) electrons. The monoisotopic (exact) mass is 393 g/mol. The van der Waals surface area contributed by atoms with Gasteiger partial charge in [0.1, 0.15) is 5.69 Å². The van der Waals surface area contributed by atoms with E-state index in [0.717, 1.165) is 0 Å². The van der Waals surface area contributed by atoms with Gasteiger partial charge in [0, 0.05) is 17.2 Å². The van der Waals surface area contributed by atoms with Crippen LogP contribution in [0.15, 0.2) is 54.6 Å². The van der Waals surface area contributed by atoms with Crippen LogP contribution in [0.2, 0.25) is 0 Å². The van der Waals surface area contributed by atoms with Gasteiger partial charge in [-0.25, -0.2) is 4.79 Å². The van der Waals surface area contributed by atoms with Gasteiger partial charge >= 0.3 is 5.97 Å². The lowest BCUT2D eigenvalue weighted by Crippen LogP contribution is -2.05. The highest BCUT2D eigenvalue weighted by Gasteiger charge is 2.21. The number of aromatic nitrogens is 2. The topological polar surface area (TPSA) is 115 Å². The Morgan fingerprint density at radius 1 is 1.17 bits per heavy atom. The van der Waals surface area contributed by atoms with Crippen molar-refractivity contribution in [3.63, 3.8) is 0 Å². The molecule has 1 unspecified atom stereocenters. The summed E-state index contributed by atoms with van der Waals surface area (Å²) in [5.74, 6) is -0.492. The second-order valence-electron chi connectivity index (χ2n) is 6.30. The van der Waals surface area contributed by atoms with Crippen molar-refractivity contribution in [2.75, 3.05) is 7.11 Å². The average molecular weight is 393 g/mol. The molecule has 0 fully saturated rings. The highest BCUT2D eigenvalue weighted by Crippen LogP contribution is 2.34. The molecule has 1 aromatic heterocycles. The first-order valence-corrected chi connectivity index (χ1v) is 8.94. The normalized spacial score (nSPS) is 11.7. The third-order valence-electron chi connectivity index (χ3n) is 4.50. The first-order chi connectivity index (χ1) is 14.0. The van der Waals surface area contributed by atoms with Crippen molar-refractivity contribution in [1.82, 2.24) is 10.2 Å². The minimum atomic E-state index is -0.858. The maximum atomic E-state index is 11.8. The SMILES string of the molecule is CCC(O)c1cc(-c2ccccc2[N+](=O)[O-])nnc1-c1cccc(C(=O)OC)c1. The Labute approximate surface area is 167 Å². The first-order valence-electron chi connectivity index (χ1n) is 8.94. The summed E-state index contributed by atoms with van der Waals surface area (Å²) >= 11 is 0. The molecule has 0 saturated heterocycles. The van der Waals surface area contributed by atoms with Gasteiger partial charge in [0.25, 0.3) is 5.69 Å². The summed E-state index contributed by atoms with van der Waals surface area (Å²) in [6.45, 7) is 1.81. The maximum Gasteiger partial charge on any atom is 0.337 e. The van der Waals surface area contributed by atoms with Crippen LogP contribution in [0.25, 0.3) is 22.5 Å². The molecule has 0 amide bonds. The lowest BCUT2D eigenvalue weighted by atomic mass is 9.97. The summed E-state index contributed by atoms with van der Waals surface area (Å²) < 4.78 is 4.75. The number of rotatable bonds is 6. The molecule has 3 rings (SSSR count). The van der Waals surface area contributed by atoms with Crippen LogP contribution in [-0.2, 0) is 4.74 Å². The van der Waals surface area contributed by atoms with Crippen molar-refractivity contribution < 1.29 is 19.6 Å². The summed E-state index contributed by atoms with van der Waals surface area (Å²) in [4.78, 5) is 22.7. The van der Waals surface area contributed by atoms with Crippen molar-refractivity contribution in [3.8, 4) is 22.5 Å². The van der Waals surface area contributed by atoms with Crippen molar-refractivity contribution in [2.45, 2.75) is 19.4 Å². The molecule has 1 N–H and O–H groups in total. The average Bonchev–Trinajstić information content (AvgIpc) is 2.77. The van der Waals surface area contributed by atoms with Crippen LogP contribution in [0.3, 0.4) is 0 Å². The minimum Gasteiger partial charge on any atom is -0.465 e. The smallest absolute Gasteiger partial charge is 0.337 e. The molecule has 148 valence electrons. The number of ether oxygens (including phenoxy) is 1. The number of nitro groups is 1. The Hall–Kier alpha value is -3.65. The molecule has 0 spiro atoms. The quantitative estimate of drug-likeness (QED) is 0.383. The zero-order valence-corrected chi connectivity index (χ0v) is 15.9. The van der Waals surface area contributed by atoms with Crippen molar-refractivity contribution in [3.05, 3.63) is 75.8 Å². The first kappa shape index (κ1) is 20.1. The predicted octanol–water partition coefficient (Wildman–Crippen LogP) is 3.95. The van der Waals surface area contributed by atoms with Gasteiger partial charge in [-0.2, -0.15) is 0 Å². The van der Waals surface area contributed by atoms with Crippen molar-refractivity contribution in [2.24, 2.45) is 0 Å². The Balaban J connectivity index is 2.16. The van der Waals surface area contributed by atoms with E-state index in [9.17, 15) is 20.0 Å². The highest BCUT2D eigenvalue weighted by molar-refractivity contribution is 5.91. The molecule has 2 aromatic carbocycles. The number of para-hydroxylation sites is 1. The van der Waals surface area contributed by atoms with Crippen molar-refractivity contribution in [1.29, 1.82) is 0 Å². The van der Waals surface area contributed by atoms with Crippen LogP contribution in [0.4, 0.5) is 5.69 Å². The molecule has 0 bridgehead atoms. The number of carbonyl (C=O) groups excluding carboxylic acids is 1. The zero-order chi connectivity index (χ0) is 21.0. The van der Waals surface area contributed by atoms with E-state index in [1.54, 1.807) is 48.5 Å². The van der Waals surface area contributed by atoms with E-state index >= 15 is 0 Å². The van der Waals surface area contributed by atoms with E-state index in [2.05, 4.69) is 10.2 Å². The van der Waals surface area contributed by atoms with Gasteiger partial charge in [-0.15, -0.1) is 10.2 Å². The number of aliphatic hydroxyl groups excluding tert-OH is 1. The molecule has 29 heavy (non-hydrogen) atoms. The molecular formula is C21H19N3O5. The molecule has 8 heteroatoms. The van der Waals surface area contributed by atoms with Crippen LogP contribution in [-0.4, -0.2) is 33.3 Å². The van der Waals surface area contributed by atoms with Gasteiger partial charge in [-0.1, -0.05) is 31.2 Å². The summed E-state index contributed by atoms with van der Waals surface area (Å²) in [5, 5.41) is 30.3. The number of hydrogen-bond donors (Lipinski definition) is 1. The number of esters is 1. The lowest BCUT2D eigenvalue weighted by molar-refractivity contribution is -0.384. The molecule has 0 saturated carbocycles. The Morgan fingerprint density at radius 2 is 1.93 bits per heavy atom. The largest absolute Gasteiger partial charge is 0.465 e. The van der Waals surface area contributed by atoms with Crippen LogP contribution in [0.1, 0.15) is 35.4 Å². The Morgan fingerprint density at radius 3 is 2.62 bits per heavy atom. The minimum absolute atomic E-state index is 0.0980. The van der Waals surface area contributed by atoms with E-state index < -0.39 is 17.0 Å². The summed E-state index contributed by atoms with van der Waals surface area (Å²) in [5.41, 5.74) is 2.28. The van der Waals surface area contributed by atoms with Gasteiger partial charge in [-0.3, -0.25) is 10.1 Å². The van der Waals surface area contributed by atoms with E-state index in [4.69, 9.17) is 4.74 Å². The molecule has 1 heterocycles. The third kappa shape index (κ3) is 4.12. The summed E-state index contributed by atoms with van der Waals surface area (Å²) in [7, 11) is 1.29. The number of benzene rings is 2. The second kappa shape index (κ2) is 8.57. The highest BCUT2D eigenvalue weighted by atomic mass is 16.6. The molecule has 0 aliphatic rings. The van der Waals surface area contributed by atoms with Gasteiger partial charge in [0.15, 0.2) is 0 Å². The van der Waals surface area contributed by atoms with Crippen LogP contribution in [0, 0.1) is 10.1 Å². The van der Waals surface area contributed by atoms with E-state index in [-0.39, 0.29) is 11.4 Å². The zero-order valence-electron chi connectivity index (χ0n) is 15.9. The Kier molecular flexibility index (Phi) is 5.94. The van der Waals surface area contributed by atoms with Gasteiger partial charge < -0.3 is 9.84 Å². The van der Waals surface area contributed by atoms with Crippen LogP contribution < -0.4 is 0 Å². The predicted molar refractivity (Wildman–Crippen MR) is 106 cm³/mol. The number of carbonyl (C=O) groups is 1. The summed E-state index contributed by atoms with van der Waals surface area (Å²) in [6, 6.07) is 14.5. The summed E-state index contributed by atoms with van der Waals surface area (Å²) in [6.07, 6.45) is -0.449. The molecule has 0 aliphatic carbocycles. The molecular weight excluding hydrogens is 374 g/mol. The van der Waals surface area contributed by atoms with E-state index in [1.165, 1.54) is 13.2 Å². The number of methoxy groups -OCH3 is 1. The standard InChI is InChI=1S/C21H19N3O5/c1-3-19(25)16-12-17(15-9-4-5-10-18(15)24(27)28)22-23-20(16)13-7-6-8-14(11-13)21(26)29-2/h4-12,19,25H,3H2,1-2H3. The van der Waals surface area contributed by atoms with Gasteiger partial charge in [0.2, 0.25) is 0 Å². The third-order valence-corrected chi connectivity index (χ3v) is 4.50. The van der Waals surface area contributed by atoms with Crippen LogP contribution in [0.5, 0.6) is 0 Å². The number of hydrogen-bond acceptors (Lipinski definition) is 7. The Bertz CT molecular complexity index is 1070. The van der Waals surface area contributed by atoms with E-state index in [1.807, 2.05) is 6.92 Å². The number of nitrogens with zero attached hydrogens (tertiary/aromatic N) is 3. The molecule has 3 aromatic rings. The fraction of sp³-hybridized carbons (Fsp3) is 0.190. The van der Waals surface area contributed by atoms with E-state index in [0.29, 0.717) is 34.4 Å². The maximum absolute atomic E-state index is 11.8. The molecule has 0 aliphatic heterocycles. The second-order valence-corrected chi connectivity index (χ2v) is 6.30. The lowest BCUT2D eigenvalue weighted by Gasteiger charge is -2.15. The number of nitro benzene ring substituents is 1. The fourth-order valence-corrected chi connectivity index (χ4v) is 3.00. The number of aliphatic hydroxyl groups is 1. The molecule has 8 nitrogen and oxygen atoms in total. The fourth-order valence-electron chi connectivity index (χ4n) is 3.00.